The smallest absolute Gasteiger partial charge is 0.283 e. The highest BCUT2D eigenvalue weighted by atomic mass is 79.9. The number of anilines is 2. The normalized spacial score (nSPS) is 10.9. The van der Waals surface area contributed by atoms with E-state index in [1.54, 1.807) is 0 Å². The Labute approximate surface area is 119 Å². The van der Waals surface area contributed by atoms with Gasteiger partial charge in [0.05, 0.1) is 5.69 Å². The van der Waals surface area contributed by atoms with Gasteiger partial charge in [0, 0.05) is 5.69 Å². The highest BCUT2D eigenvalue weighted by Gasteiger charge is 2.07. The average molecular weight is 318 g/mol. The quantitative estimate of drug-likeness (QED) is 0.670. The molecule has 0 atom stereocenters. The fourth-order valence-corrected chi connectivity index (χ4v) is 1.57. The largest absolute Gasteiger partial charge is 0.320 e. The highest BCUT2D eigenvalue weighted by molar-refractivity contribution is 9.19. The lowest BCUT2D eigenvalue weighted by atomic mass is 10.3. The highest BCUT2D eigenvalue weighted by Crippen LogP contribution is 2.08. The van der Waals surface area contributed by atoms with Gasteiger partial charge in [-0.2, -0.15) is 5.10 Å². The van der Waals surface area contributed by atoms with E-state index in [2.05, 4.69) is 31.8 Å². The summed E-state index contributed by atoms with van der Waals surface area (Å²) in [6.07, 6.45) is 0. The van der Waals surface area contributed by atoms with Crippen LogP contribution in [0.4, 0.5) is 11.4 Å². The molecule has 2 aromatic carbocycles. The molecule has 0 spiro atoms. The van der Waals surface area contributed by atoms with Crippen LogP contribution in [0, 0.1) is 0 Å². The number of hydrazone groups is 1. The van der Waals surface area contributed by atoms with Gasteiger partial charge >= 0.3 is 0 Å². The van der Waals surface area contributed by atoms with Gasteiger partial charge < -0.3 is 5.32 Å². The number of rotatable bonds is 4. The van der Waals surface area contributed by atoms with Crippen molar-refractivity contribution in [3.63, 3.8) is 0 Å². The Kier molecular flexibility index (Phi) is 4.69. The first-order valence-electron chi connectivity index (χ1n) is 5.66. The van der Waals surface area contributed by atoms with Crippen LogP contribution in [0.2, 0.25) is 0 Å². The molecule has 19 heavy (non-hydrogen) atoms. The Balaban J connectivity index is 1.95. The average Bonchev–Trinajstić information content (AvgIpc) is 2.47. The van der Waals surface area contributed by atoms with Gasteiger partial charge in [-0.25, -0.2) is 0 Å². The molecule has 2 aromatic rings. The topological polar surface area (TPSA) is 53.5 Å². The molecule has 2 N–H and O–H groups in total. The van der Waals surface area contributed by atoms with Crippen molar-refractivity contribution in [3.8, 4) is 0 Å². The predicted molar refractivity (Wildman–Crippen MR) is 81.5 cm³/mol. The molecule has 0 aliphatic rings. The molecule has 0 unspecified atom stereocenters. The minimum Gasteiger partial charge on any atom is -0.320 e. The first-order valence-corrected chi connectivity index (χ1v) is 6.45. The van der Waals surface area contributed by atoms with Crippen LogP contribution in [0.1, 0.15) is 0 Å². The molecule has 0 saturated heterocycles. The van der Waals surface area contributed by atoms with Crippen molar-refractivity contribution in [3.05, 3.63) is 60.7 Å². The summed E-state index contributed by atoms with van der Waals surface area (Å²) in [6, 6.07) is 18.6. The fraction of sp³-hybridized carbons (Fsp3) is 0. The molecule has 4 nitrogen and oxygen atoms in total. The van der Waals surface area contributed by atoms with Crippen molar-refractivity contribution in [2.45, 2.75) is 0 Å². The van der Waals surface area contributed by atoms with Crippen LogP contribution in [0.5, 0.6) is 0 Å². The van der Waals surface area contributed by atoms with Gasteiger partial charge in [0.1, 0.15) is 0 Å². The summed E-state index contributed by atoms with van der Waals surface area (Å²) in [7, 11) is 0. The van der Waals surface area contributed by atoms with Crippen LogP contribution in [-0.2, 0) is 4.79 Å². The maximum Gasteiger partial charge on any atom is 0.283 e. The van der Waals surface area contributed by atoms with E-state index in [0.717, 1.165) is 11.4 Å². The minimum absolute atomic E-state index is 0.181. The van der Waals surface area contributed by atoms with Gasteiger partial charge in [-0.15, -0.1) is 0 Å². The second-order valence-corrected chi connectivity index (χ2v) is 4.45. The minimum atomic E-state index is -0.311. The second kappa shape index (κ2) is 6.70. The van der Waals surface area contributed by atoms with Crippen LogP contribution in [-0.4, -0.2) is 10.5 Å². The van der Waals surface area contributed by atoms with E-state index in [1.807, 2.05) is 60.7 Å². The molecule has 0 bridgehead atoms. The molecular weight excluding hydrogens is 306 g/mol. The lowest BCUT2D eigenvalue weighted by molar-refractivity contribution is -0.110. The van der Waals surface area contributed by atoms with Crippen LogP contribution < -0.4 is 10.7 Å². The van der Waals surface area contributed by atoms with Crippen molar-refractivity contribution in [1.29, 1.82) is 0 Å². The standard InChI is InChI=1S/C14H12BrN3O/c15-13(18-17-12-9-5-2-6-10-12)14(19)16-11-7-3-1-4-8-11/h1-10,17H,(H,16,19)/b18-13+. The number of carbonyl (C=O) groups excluding carboxylic acids is 1. The number of para-hydroxylation sites is 2. The summed E-state index contributed by atoms with van der Waals surface area (Å²) >= 11 is 3.13. The Morgan fingerprint density at radius 2 is 1.42 bits per heavy atom. The fourth-order valence-electron chi connectivity index (χ4n) is 1.38. The van der Waals surface area contributed by atoms with E-state index in [0.29, 0.717) is 0 Å². The predicted octanol–water partition coefficient (Wildman–Crippen LogP) is 3.45. The molecule has 0 heterocycles. The third kappa shape index (κ3) is 4.22. The summed E-state index contributed by atoms with van der Waals surface area (Å²) < 4.78 is 0.181. The number of halogens is 1. The maximum absolute atomic E-state index is 11.8. The number of amides is 1. The first-order chi connectivity index (χ1) is 9.25. The number of nitrogens with one attached hydrogen (secondary N) is 2. The van der Waals surface area contributed by atoms with Crippen LogP contribution in [0.3, 0.4) is 0 Å². The Morgan fingerprint density at radius 1 is 0.895 bits per heavy atom. The summed E-state index contributed by atoms with van der Waals surface area (Å²) in [4.78, 5) is 11.8. The maximum atomic E-state index is 11.8. The number of hydrogen-bond acceptors (Lipinski definition) is 3. The molecule has 0 fully saturated rings. The molecule has 2 rings (SSSR count). The van der Waals surface area contributed by atoms with Crippen LogP contribution >= 0.6 is 15.9 Å². The van der Waals surface area contributed by atoms with Gasteiger partial charge in [-0.3, -0.25) is 10.2 Å². The van der Waals surface area contributed by atoms with Crippen LogP contribution in [0.25, 0.3) is 0 Å². The van der Waals surface area contributed by atoms with E-state index in [4.69, 9.17) is 0 Å². The van der Waals surface area contributed by atoms with E-state index >= 15 is 0 Å². The van der Waals surface area contributed by atoms with Crippen molar-refractivity contribution in [1.82, 2.24) is 0 Å². The molecule has 0 radical (unpaired) electrons. The van der Waals surface area contributed by atoms with Crippen LogP contribution in [0.15, 0.2) is 65.8 Å². The van der Waals surface area contributed by atoms with Gasteiger partial charge in [0.25, 0.3) is 5.91 Å². The molecule has 0 saturated carbocycles. The summed E-state index contributed by atoms with van der Waals surface area (Å²) in [5, 5.41) is 6.68. The Morgan fingerprint density at radius 3 is 2.00 bits per heavy atom. The molecule has 5 heteroatoms. The number of benzene rings is 2. The molecule has 96 valence electrons. The third-order valence-electron chi connectivity index (χ3n) is 2.28. The second-order valence-electron chi connectivity index (χ2n) is 3.70. The van der Waals surface area contributed by atoms with Gasteiger partial charge in [-0.1, -0.05) is 36.4 Å². The zero-order chi connectivity index (χ0) is 13.5. The van der Waals surface area contributed by atoms with Gasteiger partial charge in [-0.05, 0) is 40.2 Å². The lowest BCUT2D eigenvalue weighted by Crippen LogP contribution is -2.19. The number of carbonyl (C=O) groups is 1. The lowest BCUT2D eigenvalue weighted by Gasteiger charge is -2.04. The monoisotopic (exact) mass is 317 g/mol. The van der Waals surface area contributed by atoms with Gasteiger partial charge in [0.2, 0.25) is 0 Å². The summed E-state index contributed by atoms with van der Waals surface area (Å²) in [5.41, 5.74) is 4.32. The summed E-state index contributed by atoms with van der Waals surface area (Å²) in [5.74, 6) is -0.311. The van der Waals surface area contributed by atoms with E-state index in [1.165, 1.54) is 0 Å². The molecule has 0 aromatic heterocycles. The van der Waals surface area contributed by atoms with Crippen molar-refractivity contribution >= 4 is 37.8 Å². The van der Waals surface area contributed by atoms with Crippen molar-refractivity contribution < 1.29 is 4.79 Å². The molecule has 0 aliphatic heterocycles. The van der Waals surface area contributed by atoms with E-state index < -0.39 is 0 Å². The molecule has 0 aliphatic carbocycles. The summed E-state index contributed by atoms with van der Waals surface area (Å²) in [6.45, 7) is 0. The number of hydrogen-bond donors (Lipinski definition) is 2. The van der Waals surface area contributed by atoms with Crippen molar-refractivity contribution in [2.24, 2.45) is 5.10 Å². The molecule has 1 amide bonds. The number of nitrogens with zero attached hydrogens (tertiary/aromatic N) is 1. The SMILES string of the molecule is O=C(Nc1ccccc1)/C(Br)=N\Nc1ccccc1. The Bertz CT molecular complexity index is 570. The Hall–Kier alpha value is -2.14. The zero-order valence-electron chi connectivity index (χ0n) is 10.0. The first kappa shape index (κ1) is 13.3. The molecular formula is C14H12BrN3O. The van der Waals surface area contributed by atoms with Gasteiger partial charge in [0.15, 0.2) is 4.62 Å². The van der Waals surface area contributed by atoms with E-state index in [-0.39, 0.29) is 10.5 Å². The third-order valence-corrected chi connectivity index (χ3v) is 2.81. The van der Waals surface area contributed by atoms with Crippen molar-refractivity contribution in [2.75, 3.05) is 10.7 Å². The van der Waals surface area contributed by atoms with E-state index in [9.17, 15) is 4.79 Å². The zero-order valence-corrected chi connectivity index (χ0v) is 11.6.